The summed E-state index contributed by atoms with van der Waals surface area (Å²) in [7, 11) is 0. The first-order chi connectivity index (χ1) is 8.15. The van der Waals surface area contributed by atoms with Crippen molar-refractivity contribution in [3.63, 3.8) is 0 Å². The summed E-state index contributed by atoms with van der Waals surface area (Å²) in [4.78, 5) is 22.2. The fourth-order valence-corrected chi connectivity index (χ4v) is 2.15. The number of carboxylic acids is 1. The van der Waals surface area contributed by atoms with Crippen LogP contribution in [0.2, 0.25) is 0 Å². The predicted molar refractivity (Wildman–Crippen MR) is 61.3 cm³/mol. The molecular weight excluding hydrogens is 224 g/mol. The van der Waals surface area contributed by atoms with Gasteiger partial charge in [-0.05, 0) is 18.8 Å². The van der Waals surface area contributed by atoms with Crippen molar-refractivity contribution in [3.8, 4) is 0 Å². The first-order valence-corrected chi connectivity index (χ1v) is 5.92. The largest absolute Gasteiger partial charge is 0.481 e. The van der Waals surface area contributed by atoms with E-state index in [4.69, 9.17) is 15.6 Å². The van der Waals surface area contributed by atoms with Crippen LogP contribution in [-0.2, 0) is 14.3 Å². The number of nitrogens with one attached hydrogen (secondary N) is 1. The van der Waals surface area contributed by atoms with Gasteiger partial charge < -0.3 is 20.9 Å². The Balaban J connectivity index is 2.21. The SMILES string of the molecule is NCCOCC(=O)NCC1CCCC1C(=O)O. The number of carbonyl (C=O) groups excluding carboxylic acids is 1. The fraction of sp³-hybridized carbons (Fsp3) is 0.818. The van der Waals surface area contributed by atoms with Crippen LogP contribution in [0.25, 0.3) is 0 Å². The molecule has 1 rings (SSSR count). The van der Waals surface area contributed by atoms with E-state index in [0.29, 0.717) is 26.1 Å². The Morgan fingerprint density at radius 2 is 2.18 bits per heavy atom. The van der Waals surface area contributed by atoms with Gasteiger partial charge in [0.05, 0.1) is 12.5 Å². The van der Waals surface area contributed by atoms with Gasteiger partial charge in [0.1, 0.15) is 6.61 Å². The van der Waals surface area contributed by atoms with E-state index in [1.165, 1.54) is 0 Å². The minimum absolute atomic E-state index is 0.0122. The number of hydrogen-bond acceptors (Lipinski definition) is 4. The van der Waals surface area contributed by atoms with Gasteiger partial charge in [-0.3, -0.25) is 9.59 Å². The maximum atomic E-state index is 11.3. The van der Waals surface area contributed by atoms with Crippen LogP contribution in [-0.4, -0.2) is 43.3 Å². The number of ether oxygens (including phenoxy) is 1. The van der Waals surface area contributed by atoms with E-state index in [9.17, 15) is 9.59 Å². The second kappa shape index (κ2) is 7.24. The van der Waals surface area contributed by atoms with Gasteiger partial charge in [0.25, 0.3) is 0 Å². The molecule has 6 heteroatoms. The lowest BCUT2D eigenvalue weighted by molar-refractivity contribution is -0.143. The molecule has 0 aromatic carbocycles. The van der Waals surface area contributed by atoms with Crippen molar-refractivity contribution in [2.24, 2.45) is 17.6 Å². The standard InChI is InChI=1S/C11H20N2O4/c12-4-5-17-7-10(14)13-6-8-2-1-3-9(8)11(15)16/h8-9H,1-7,12H2,(H,13,14)(H,15,16). The second-order valence-corrected chi connectivity index (χ2v) is 4.28. The minimum atomic E-state index is -0.763. The maximum absolute atomic E-state index is 11.3. The van der Waals surface area contributed by atoms with Crippen molar-refractivity contribution in [2.45, 2.75) is 19.3 Å². The number of rotatable bonds is 7. The molecule has 0 aliphatic heterocycles. The third kappa shape index (κ3) is 4.70. The Morgan fingerprint density at radius 3 is 2.82 bits per heavy atom. The van der Waals surface area contributed by atoms with Crippen LogP contribution in [0.15, 0.2) is 0 Å². The van der Waals surface area contributed by atoms with Gasteiger partial charge in [0.2, 0.25) is 5.91 Å². The van der Waals surface area contributed by atoms with Crippen LogP contribution in [0, 0.1) is 11.8 Å². The molecule has 98 valence electrons. The van der Waals surface area contributed by atoms with Gasteiger partial charge in [-0.25, -0.2) is 0 Å². The normalized spacial score (nSPS) is 23.6. The van der Waals surface area contributed by atoms with Gasteiger partial charge in [-0.1, -0.05) is 6.42 Å². The second-order valence-electron chi connectivity index (χ2n) is 4.28. The van der Waals surface area contributed by atoms with Crippen LogP contribution in [0.3, 0.4) is 0 Å². The summed E-state index contributed by atoms with van der Waals surface area (Å²) in [6.45, 7) is 1.15. The summed E-state index contributed by atoms with van der Waals surface area (Å²) in [5.74, 6) is -1.25. The van der Waals surface area contributed by atoms with E-state index in [-0.39, 0.29) is 24.3 Å². The third-order valence-corrected chi connectivity index (χ3v) is 3.03. The zero-order valence-electron chi connectivity index (χ0n) is 9.85. The molecule has 6 nitrogen and oxygen atoms in total. The van der Waals surface area contributed by atoms with Crippen molar-refractivity contribution < 1.29 is 19.4 Å². The number of carbonyl (C=O) groups is 2. The number of nitrogens with two attached hydrogens (primary N) is 1. The molecule has 1 aliphatic rings. The minimum Gasteiger partial charge on any atom is -0.481 e. The highest BCUT2D eigenvalue weighted by Crippen LogP contribution is 2.31. The lowest BCUT2D eigenvalue weighted by Gasteiger charge is -2.16. The molecule has 0 saturated heterocycles. The smallest absolute Gasteiger partial charge is 0.306 e. The van der Waals surface area contributed by atoms with Gasteiger partial charge in [0.15, 0.2) is 0 Å². The molecule has 1 aliphatic carbocycles. The van der Waals surface area contributed by atoms with Crippen LogP contribution in [0.4, 0.5) is 0 Å². The van der Waals surface area contributed by atoms with E-state index in [1.54, 1.807) is 0 Å². The van der Waals surface area contributed by atoms with Crippen molar-refractivity contribution >= 4 is 11.9 Å². The first-order valence-electron chi connectivity index (χ1n) is 5.92. The average Bonchev–Trinajstić information content (AvgIpc) is 2.75. The lowest BCUT2D eigenvalue weighted by Crippen LogP contribution is -2.35. The van der Waals surface area contributed by atoms with Gasteiger partial charge >= 0.3 is 5.97 Å². The molecule has 1 amide bonds. The lowest BCUT2D eigenvalue weighted by atomic mass is 9.96. The molecule has 0 radical (unpaired) electrons. The molecule has 17 heavy (non-hydrogen) atoms. The molecule has 1 saturated carbocycles. The maximum Gasteiger partial charge on any atom is 0.306 e. The van der Waals surface area contributed by atoms with Crippen molar-refractivity contribution in [3.05, 3.63) is 0 Å². The zero-order chi connectivity index (χ0) is 12.7. The Labute approximate surface area is 101 Å². The molecule has 0 heterocycles. The quantitative estimate of drug-likeness (QED) is 0.528. The summed E-state index contributed by atoms with van der Waals surface area (Å²) in [6.07, 6.45) is 2.49. The molecule has 0 aromatic heterocycles. The zero-order valence-corrected chi connectivity index (χ0v) is 9.85. The average molecular weight is 244 g/mol. The molecule has 0 aromatic rings. The third-order valence-electron chi connectivity index (χ3n) is 3.03. The van der Waals surface area contributed by atoms with Gasteiger partial charge in [-0.2, -0.15) is 0 Å². The first kappa shape index (κ1) is 13.9. The summed E-state index contributed by atoms with van der Waals surface area (Å²) in [5, 5.41) is 11.7. The van der Waals surface area contributed by atoms with Gasteiger partial charge in [0, 0.05) is 13.1 Å². The summed E-state index contributed by atoms with van der Waals surface area (Å²) in [6, 6.07) is 0. The van der Waals surface area contributed by atoms with E-state index in [1.807, 2.05) is 0 Å². The number of carboxylic acid groups (broad SMARTS) is 1. The Bertz CT molecular complexity index is 270. The predicted octanol–water partition coefficient (Wildman–Crippen LogP) is -0.421. The Hall–Kier alpha value is -1.14. The molecule has 0 bridgehead atoms. The molecule has 2 atom stereocenters. The molecule has 0 spiro atoms. The number of aliphatic carboxylic acids is 1. The molecule has 4 N–H and O–H groups in total. The topological polar surface area (TPSA) is 102 Å². The van der Waals surface area contributed by atoms with Crippen molar-refractivity contribution in [1.82, 2.24) is 5.32 Å². The van der Waals surface area contributed by atoms with E-state index in [2.05, 4.69) is 5.32 Å². The van der Waals surface area contributed by atoms with E-state index in [0.717, 1.165) is 12.8 Å². The monoisotopic (exact) mass is 244 g/mol. The van der Waals surface area contributed by atoms with Crippen LogP contribution in [0.5, 0.6) is 0 Å². The van der Waals surface area contributed by atoms with Crippen molar-refractivity contribution in [2.75, 3.05) is 26.3 Å². The van der Waals surface area contributed by atoms with Crippen LogP contribution >= 0.6 is 0 Å². The highest BCUT2D eigenvalue weighted by molar-refractivity contribution is 5.77. The molecule has 1 fully saturated rings. The fourth-order valence-electron chi connectivity index (χ4n) is 2.15. The van der Waals surface area contributed by atoms with E-state index >= 15 is 0 Å². The highest BCUT2D eigenvalue weighted by atomic mass is 16.5. The number of amides is 1. The molecular formula is C11H20N2O4. The van der Waals surface area contributed by atoms with Crippen molar-refractivity contribution in [1.29, 1.82) is 0 Å². The number of hydrogen-bond donors (Lipinski definition) is 3. The van der Waals surface area contributed by atoms with E-state index < -0.39 is 5.97 Å². The Morgan fingerprint density at radius 1 is 1.41 bits per heavy atom. The Kier molecular flexibility index (Phi) is 5.93. The highest BCUT2D eigenvalue weighted by Gasteiger charge is 2.32. The molecule has 2 unspecified atom stereocenters. The summed E-state index contributed by atoms with van der Waals surface area (Å²) < 4.78 is 4.98. The van der Waals surface area contributed by atoms with Gasteiger partial charge in [-0.15, -0.1) is 0 Å². The van der Waals surface area contributed by atoms with Crippen LogP contribution in [0.1, 0.15) is 19.3 Å². The summed E-state index contributed by atoms with van der Waals surface area (Å²) >= 11 is 0. The summed E-state index contributed by atoms with van der Waals surface area (Å²) in [5.41, 5.74) is 5.22. The van der Waals surface area contributed by atoms with Crippen LogP contribution < -0.4 is 11.1 Å².